The van der Waals surface area contributed by atoms with E-state index in [1.807, 2.05) is 6.92 Å². The molecule has 15 heavy (non-hydrogen) atoms. The molecule has 88 valence electrons. The largest absolute Gasteiger partial charge is 0.393 e. The van der Waals surface area contributed by atoms with Crippen LogP contribution < -0.4 is 10.6 Å². The van der Waals surface area contributed by atoms with Crippen LogP contribution in [-0.4, -0.2) is 36.2 Å². The molecule has 0 aromatic rings. The van der Waals surface area contributed by atoms with Gasteiger partial charge in [-0.3, -0.25) is 4.79 Å². The molecule has 0 aliphatic carbocycles. The van der Waals surface area contributed by atoms with Crippen molar-refractivity contribution >= 4 is 5.91 Å². The summed E-state index contributed by atoms with van der Waals surface area (Å²) in [6, 6.07) is 0.0624. The number of amides is 1. The van der Waals surface area contributed by atoms with Crippen LogP contribution in [0, 0.1) is 5.92 Å². The molecule has 1 fully saturated rings. The van der Waals surface area contributed by atoms with Crippen LogP contribution in [0.5, 0.6) is 0 Å². The van der Waals surface area contributed by atoms with E-state index < -0.39 is 0 Å². The van der Waals surface area contributed by atoms with Gasteiger partial charge >= 0.3 is 0 Å². The van der Waals surface area contributed by atoms with Crippen molar-refractivity contribution in [3.63, 3.8) is 0 Å². The molecule has 2 atom stereocenters. The van der Waals surface area contributed by atoms with Crippen LogP contribution in [0.1, 0.15) is 33.1 Å². The van der Waals surface area contributed by atoms with Crippen molar-refractivity contribution in [3.05, 3.63) is 0 Å². The summed E-state index contributed by atoms with van der Waals surface area (Å²) in [5, 5.41) is 15.4. The average molecular weight is 214 g/mol. The van der Waals surface area contributed by atoms with E-state index >= 15 is 0 Å². The zero-order chi connectivity index (χ0) is 11.3. The Labute approximate surface area is 91.4 Å². The Kier molecular flexibility index (Phi) is 5.05. The lowest BCUT2D eigenvalue weighted by molar-refractivity contribution is -0.126. The highest BCUT2D eigenvalue weighted by Gasteiger charge is 2.22. The first-order valence-electron chi connectivity index (χ1n) is 5.78. The highest BCUT2D eigenvalue weighted by Crippen LogP contribution is 2.12. The monoisotopic (exact) mass is 214 g/mol. The minimum atomic E-state index is -0.353. The van der Waals surface area contributed by atoms with Gasteiger partial charge in [-0.25, -0.2) is 0 Å². The topological polar surface area (TPSA) is 61.4 Å². The zero-order valence-electron chi connectivity index (χ0n) is 9.62. The van der Waals surface area contributed by atoms with Crippen molar-refractivity contribution in [2.45, 2.75) is 45.3 Å². The second kappa shape index (κ2) is 6.08. The maximum Gasteiger partial charge on any atom is 0.223 e. The molecule has 1 amide bonds. The molecule has 0 aromatic carbocycles. The SMILES string of the molecule is CC(O)CC(C)NC(=O)C1CCNCC1. The van der Waals surface area contributed by atoms with Crippen molar-refractivity contribution in [1.82, 2.24) is 10.6 Å². The third kappa shape index (κ3) is 4.62. The van der Waals surface area contributed by atoms with Gasteiger partial charge < -0.3 is 15.7 Å². The molecule has 1 aliphatic heterocycles. The summed E-state index contributed by atoms with van der Waals surface area (Å²) in [5.41, 5.74) is 0. The fourth-order valence-corrected chi connectivity index (χ4v) is 2.02. The number of aliphatic hydroxyl groups excluding tert-OH is 1. The molecule has 1 aliphatic rings. The van der Waals surface area contributed by atoms with E-state index in [9.17, 15) is 9.90 Å². The predicted octanol–water partition coefficient (Wildman–Crippen LogP) is 0.262. The summed E-state index contributed by atoms with van der Waals surface area (Å²) in [6.45, 7) is 5.55. The van der Waals surface area contributed by atoms with Gasteiger partial charge in [-0.15, -0.1) is 0 Å². The van der Waals surface area contributed by atoms with Crippen molar-refractivity contribution in [2.75, 3.05) is 13.1 Å². The van der Waals surface area contributed by atoms with Crippen LogP contribution in [-0.2, 0) is 4.79 Å². The second-order valence-electron chi connectivity index (χ2n) is 4.52. The normalized spacial score (nSPS) is 22.1. The maximum absolute atomic E-state index is 11.8. The third-order valence-corrected chi connectivity index (χ3v) is 2.79. The predicted molar refractivity (Wildman–Crippen MR) is 59.5 cm³/mol. The van der Waals surface area contributed by atoms with Crippen molar-refractivity contribution in [1.29, 1.82) is 0 Å². The van der Waals surface area contributed by atoms with E-state index in [-0.39, 0.29) is 24.0 Å². The van der Waals surface area contributed by atoms with Crippen LogP contribution in [0.2, 0.25) is 0 Å². The second-order valence-corrected chi connectivity index (χ2v) is 4.52. The van der Waals surface area contributed by atoms with E-state index in [0.29, 0.717) is 6.42 Å². The lowest BCUT2D eigenvalue weighted by atomic mass is 9.96. The summed E-state index contributed by atoms with van der Waals surface area (Å²) in [7, 11) is 0. The first kappa shape index (κ1) is 12.5. The molecule has 0 bridgehead atoms. The van der Waals surface area contributed by atoms with Gasteiger partial charge in [-0.1, -0.05) is 0 Å². The molecule has 3 N–H and O–H groups in total. The quantitative estimate of drug-likeness (QED) is 0.629. The summed E-state index contributed by atoms with van der Waals surface area (Å²) in [5.74, 6) is 0.298. The fraction of sp³-hybridized carbons (Fsp3) is 0.909. The van der Waals surface area contributed by atoms with Crippen LogP contribution in [0.15, 0.2) is 0 Å². The Balaban J connectivity index is 2.27. The Hall–Kier alpha value is -0.610. The molecule has 1 saturated heterocycles. The first-order valence-corrected chi connectivity index (χ1v) is 5.78. The maximum atomic E-state index is 11.8. The molecule has 0 saturated carbocycles. The Morgan fingerprint density at radius 2 is 2.07 bits per heavy atom. The molecule has 1 heterocycles. The molecule has 2 unspecified atom stereocenters. The molecular formula is C11H22N2O2. The number of piperidine rings is 1. The highest BCUT2D eigenvalue weighted by molar-refractivity contribution is 5.79. The van der Waals surface area contributed by atoms with Crippen molar-refractivity contribution in [2.24, 2.45) is 5.92 Å². The first-order chi connectivity index (χ1) is 7.09. The number of hydrogen-bond acceptors (Lipinski definition) is 3. The van der Waals surface area contributed by atoms with Gasteiger partial charge in [-0.05, 0) is 46.2 Å². The molecule has 0 radical (unpaired) electrons. The molecule has 0 spiro atoms. The van der Waals surface area contributed by atoms with Crippen LogP contribution in [0.4, 0.5) is 0 Å². The summed E-state index contributed by atoms with van der Waals surface area (Å²) in [6.07, 6.45) is 2.12. The van der Waals surface area contributed by atoms with Gasteiger partial charge in [0.05, 0.1) is 6.10 Å². The van der Waals surface area contributed by atoms with E-state index in [0.717, 1.165) is 25.9 Å². The number of carbonyl (C=O) groups is 1. The highest BCUT2D eigenvalue weighted by atomic mass is 16.3. The standard InChI is InChI=1S/C11H22N2O2/c1-8(7-9(2)14)13-11(15)10-3-5-12-6-4-10/h8-10,12,14H,3-7H2,1-2H3,(H,13,15). The Morgan fingerprint density at radius 3 is 2.60 bits per heavy atom. The Bertz CT molecular complexity index is 201. The van der Waals surface area contributed by atoms with Crippen LogP contribution in [0.3, 0.4) is 0 Å². The van der Waals surface area contributed by atoms with Crippen molar-refractivity contribution in [3.8, 4) is 0 Å². The van der Waals surface area contributed by atoms with Crippen molar-refractivity contribution < 1.29 is 9.90 Å². The average Bonchev–Trinajstić information content (AvgIpc) is 2.17. The molecule has 4 nitrogen and oxygen atoms in total. The van der Waals surface area contributed by atoms with E-state index in [2.05, 4.69) is 10.6 Å². The third-order valence-electron chi connectivity index (χ3n) is 2.79. The number of hydrogen-bond donors (Lipinski definition) is 3. The number of aliphatic hydroxyl groups is 1. The molecular weight excluding hydrogens is 192 g/mol. The minimum absolute atomic E-state index is 0.0624. The number of nitrogens with one attached hydrogen (secondary N) is 2. The van der Waals surface area contributed by atoms with Gasteiger partial charge in [0.15, 0.2) is 0 Å². The van der Waals surface area contributed by atoms with Gasteiger partial charge in [0.2, 0.25) is 5.91 Å². The summed E-state index contributed by atoms with van der Waals surface area (Å²) in [4.78, 5) is 11.8. The van der Waals surface area contributed by atoms with Crippen LogP contribution in [0.25, 0.3) is 0 Å². The summed E-state index contributed by atoms with van der Waals surface area (Å²) >= 11 is 0. The van der Waals surface area contributed by atoms with Gasteiger partial charge in [-0.2, -0.15) is 0 Å². The summed E-state index contributed by atoms with van der Waals surface area (Å²) < 4.78 is 0. The fourth-order valence-electron chi connectivity index (χ4n) is 2.02. The van der Waals surface area contributed by atoms with Gasteiger partial charge in [0.1, 0.15) is 0 Å². The Morgan fingerprint density at radius 1 is 1.47 bits per heavy atom. The lowest BCUT2D eigenvalue weighted by Crippen LogP contribution is -2.42. The molecule has 4 heteroatoms. The molecule has 0 aromatic heterocycles. The van der Waals surface area contributed by atoms with E-state index in [4.69, 9.17) is 0 Å². The molecule has 1 rings (SSSR count). The minimum Gasteiger partial charge on any atom is -0.393 e. The van der Waals surface area contributed by atoms with E-state index in [1.54, 1.807) is 6.92 Å². The van der Waals surface area contributed by atoms with Crippen LogP contribution >= 0.6 is 0 Å². The number of carbonyl (C=O) groups excluding carboxylic acids is 1. The van der Waals surface area contributed by atoms with Gasteiger partial charge in [0, 0.05) is 12.0 Å². The zero-order valence-corrected chi connectivity index (χ0v) is 9.62. The smallest absolute Gasteiger partial charge is 0.223 e. The van der Waals surface area contributed by atoms with Gasteiger partial charge in [0.25, 0.3) is 0 Å². The van der Waals surface area contributed by atoms with E-state index in [1.165, 1.54) is 0 Å². The number of rotatable bonds is 4. The lowest BCUT2D eigenvalue weighted by Gasteiger charge is -2.24.